The molecule has 1 aliphatic heterocycles. The molecule has 3 rings (SSSR count). The van der Waals surface area contributed by atoms with Crippen molar-refractivity contribution in [1.82, 2.24) is 19.4 Å². The van der Waals surface area contributed by atoms with Crippen LogP contribution in [-0.2, 0) is 20.0 Å². The van der Waals surface area contributed by atoms with Gasteiger partial charge in [-0.1, -0.05) is 12.1 Å². The SMILES string of the molecule is CN(Cc1nccn1C)CC1CCN(CCc2cccc(F)c2)CC1. The van der Waals surface area contributed by atoms with E-state index in [0.29, 0.717) is 0 Å². The number of aromatic nitrogens is 2. The quantitative estimate of drug-likeness (QED) is 0.772. The number of rotatable bonds is 7. The zero-order chi connectivity index (χ0) is 17.6. The first kappa shape index (κ1) is 18.1. The summed E-state index contributed by atoms with van der Waals surface area (Å²) in [7, 11) is 4.23. The Morgan fingerprint density at radius 3 is 2.76 bits per heavy atom. The highest BCUT2D eigenvalue weighted by molar-refractivity contribution is 5.16. The number of likely N-dealkylation sites (tertiary alicyclic amines) is 1. The van der Waals surface area contributed by atoms with Crippen LogP contribution in [-0.4, -0.2) is 52.6 Å². The van der Waals surface area contributed by atoms with Crippen molar-refractivity contribution < 1.29 is 4.39 Å². The van der Waals surface area contributed by atoms with Crippen LogP contribution in [0.25, 0.3) is 0 Å². The number of piperidine rings is 1. The van der Waals surface area contributed by atoms with Gasteiger partial charge in [0.15, 0.2) is 0 Å². The molecule has 0 radical (unpaired) electrons. The van der Waals surface area contributed by atoms with E-state index in [2.05, 4.69) is 26.4 Å². The number of benzene rings is 1. The molecular weight excluding hydrogens is 315 g/mol. The third-order valence-corrected chi connectivity index (χ3v) is 5.22. The number of imidazole rings is 1. The van der Waals surface area contributed by atoms with Gasteiger partial charge in [-0.05, 0) is 63.0 Å². The standard InChI is InChI=1S/C20H29FN4/c1-23(16-20-22-9-13-24(20)2)15-18-7-11-25(12-8-18)10-6-17-4-3-5-19(21)14-17/h3-5,9,13-14,18H,6-8,10-12,15-16H2,1-2H3. The molecule has 2 aromatic rings. The Morgan fingerprint density at radius 2 is 2.08 bits per heavy atom. The van der Waals surface area contributed by atoms with Gasteiger partial charge in [-0.3, -0.25) is 4.90 Å². The summed E-state index contributed by atoms with van der Waals surface area (Å²) in [5.74, 6) is 1.75. The molecule has 0 amide bonds. The summed E-state index contributed by atoms with van der Waals surface area (Å²) in [6.07, 6.45) is 7.28. The van der Waals surface area contributed by atoms with Gasteiger partial charge in [-0.15, -0.1) is 0 Å². The molecule has 5 heteroatoms. The fourth-order valence-electron chi connectivity index (χ4n) is 3.67. The van der Waals surface area contributed by atoms with Crippen molar-refractivity contribution in [3.05, 3.63) is 53.9 Å². The molecule has 0 unspecified atom stereocenters. The van der Waals surface area contributed by atoms with Crippen molar-refractivity contribution in [2.75, 3.05) is 33.2 Å². The van der Waals surface area contributed by atoms with Gasteiger partial charge >= 0.3 is 0 Å². The molecule has 0 saturated carbocycles. The van der Waals surface area contributed by atoms with E-state index in [4.69, 9.17) is 0 Å². The van der Waals surface area contributed by atoms with Gasteiger partial charge in [0, 0.05) is 32.5 Å². The average Bonchev–Trinajstić information content (AvgIpc) is 2.99. The van der Waals surface area contributed by atoms with Gasteiger partial charge in [0.2, 0.25) is 0 Å². The number of aryl methyl sites for hydroxylation is 1. The lowest BCUT2D eigenvalue weighted by atomic mass is 9.96. The van der Waals surface area contributed by atoms with Crippen LogP contribution in [0.15, 0.2) is 36.7 Å². The largest absolute Gasteiger partial charge is 0.337 e. The first-order valence-corrected chi connectivity index (χ1v) is 9.21. The summed E-state index contributed by atoms with van der Waals surface area (Å²) in [5.41, 5.74) is 1.09. The van der Waals surface area contributed by atoms with Crippen LogP contribution < -0.4 is 0 Å². The number of halogens is 1. The smallest absolute Gasteiger partial charge is 0.123 e. The van der Waals surface area contributed by atoms with Crippen molar-refractivity contribution in [3.63, 3.8) is 0 Å². The first-order valence-electron chi connectivity index (χ1n) is 9.21. The lowest BCUT2D eigenvalue weighted by Crippen LogP contribution is -2.38. The third kappa shape index (κ3) is 5.38. The highest BCUT2D eigenvalue weighted by Gasteiger charge is 2.20. The summed E-state index contributed by atoms with van der Waals surface area (Å²) in [4.78, 5) is 9.30. The monoisotopic (exact) mass is 344 g/mol. The van der Waals surface area contributed by atoms with Crippen molar-refractivity contribution in [2.45, 2.75) is 25.8 Å². The van der Waals surface area contributed by atoms with Gasteiger partial charge in [0.1, 0.15) is 11.6 Å². The van der Waals surface area contributed by atoms with Crippen LogP contribution in [0.1, 0.15) is 24.2 Å². The Hall–Kier alpha value is -1.72. The minimum Gasteiger partial charge on any atom is -0.337 e. The summed E-state index contributed by atoms with van der Waals surface area (Å²) in [5, 5.41) is 0. The fraction of sp³-hybridized carbons (Fsp3) is 0.550. The predicted octanol–water partition coefficient (Wildman–Crippen LogP) is 2.95. The molecule has 0 N–H and O–H groups in total. The molecule has 136 valence electrons. The molecule has 4 nitrogen and oxygen atoms in total. The highest BCUT2D eigenvalue weighted by Crippen LogP contribution is 2.19. The maximum atomic E-state index is 13.2. The van der Waals surface area contributed by atoms with E-state index in [9.17, 15) is 4.39 Å². The van der Waals surface area contributed by atoms with Crippen LogP contribution in [0.2, 0.25) is 0 Å². The molecule has 1 fully saturated rings. The molecule has 0 spiro atoms. The first-order chi connectivity index (χ1) is 12.1. The van der Waals surface area contributed by atoms with E-state index in [1.807, 2.05) is 25.5 Å². The summed E-state index contributed by atoms with van der Waals surface area (Å²) in [6.45, 7) is 5.36. The van der Waals surface area contributed by atoms with Crippen LogP contribution in [0.3, 0.4) is 0 Å². The van der Waals surface area contributed by atoms with E-state index in [-0.39, 0.29) is 5.82 Å². The predicted molar refractivity (Wildman–Crippen MR) is 98.8 cm³/mol. The Morgan fingerprint density at radius 1 is 1.28 bits per heavy atom. The molecule has 0 atom stereocenters. The summed E-state index contributed by atoms with van der Waals surface area (Å²) in [6, 6.07) is 6.98. The number of hydrogen-bond acceptors (Lipinski definition) is 3. The van der Waals surface area contributed by atoms with Gasteiger partial charge in [0.05, 0.1) is 6.54 Å². The van der Waals surface area contributed by atoms with Crippen LogP contribution >= 0.6 is 0 Å². The maximum Gasteiger partial charge on any atom is 0.123 e. The lowest BCUT2D eigenvalue weighted by Gasteiger charge is -2.33. The molecule has 0 bridgehead atoms. The van der Waals surface area contributed by atoms with E-state index in [1.165, 1.54) is 18.9 Å². The molecule has 25 heavy (non-hydrogen) atoms. The maximum absolute atomic E-state index is 13.2. The van der Waals surface area contributed by atoms with Crippen molar-refractivity contribution in [2.24, 2.45) is 13.0 Å². The van der Waals surface area contributed by atoms with E-state index in [1.54, 1.807) is 12.1 Å². The summed E-state index contributed by atoms with van der Waals surface area (Å²) >= 11 is 0. The van der Waals surface area contributed by atoms with Crippen molar-refractivity contribution in [3.8, 4) is 0 Å². The minimum atomic E-state index is -0.132. The Balaban J connectivity index is 1.37. The van der Waals surface area contributed by atoms with Crippen molar-refractivity contribution >= 4 is 0 Å². The fourth-order valence-corrected chi connectivity index (χ4v) is 3.67. The van der Waals surface area contributed by atoms with E-state index < -0.39 is 0 Å². The van der Waals surface area contributed by atoms with Gasteiger partial charge in [-0.25, -0.2) is 9.37 Å². The van der Waals surface area contributed by atoms with Crippen molar-refractivity contribution in [1.29, 1.82) is 0 Å². The zero-order valence-corrected chi connectivity index (χ0v) is 15.4. The number of nitrogens with zero attached hydrogens (tertiary/aromatic N) is 4. The molecule has 0 aliphatic carbocycles. The minimum absolute atomic E-state index is 0.132. The normalized spacial score (nSPS) is 16.6. The second-order valence-corrected chi connectivity index (χ2v) is 7.32. The third-order valence-electron chi connectivity index (χ3n) is 5.22. The average molecular weight is 344 g/mol. The Labute approximate surface area is 150 Å². The second kappa shape index (κ2) is 8.59. The molecular formula is C20H29FN4. The van der Waals surface area contributed by atoms with Crippen LogP contribution in [0, 0.1) is 11.7 Å². The molecule has 1 aromatic carbocycles. The molecule has 1 aromatic heterocycles. The second-order valence-electron chi connectivity index (χ2n) is 7.32. The van der Waals surface area contributed by atoms with Gasteiger partial charge in [-0.2, -0.15) is 0 Å². The zero-order valence-electron chi connectivity index (χ0n) is 15.4. The Kier molecular flexibility index (Phi) is 6.21. The topological polar surface area (TPSA) is 24.3 Å². The number of hydrogen-bond donors (Lipinski definition) is 0. The van der Waals surface area contributed by atoms with E-state index >= 15 is 0 Å². The van der Waals surface area contributed by atoms with Gasteiger partial charge < -0.3 is 9.47 Å². The van der Waals surface area contributed by atoms with Gasteiger partial charge in [0.25, 0.3) is 0 Å². The van der Waals surface area contributed by atoms with Crippen LogP contribution in [0.5, 0.6) is 0 Å². The molecule has 2 heterocycles. The molecule has 1 aliphatic rings. The van der Waals surface area contributed by atoms with Crippen LogP contribution in [0.4, 0.5) is 4.39 Å². The lowest BCUT2D eigenvalue weighted by molar-refractivity contribution is 0.152. The highest BCUT2D eigenvalue weighted by atomic mass is 19.1. The molecule has 1 saturated heterocycles. The summed E-state index contributed by atoms with van der Waals surface area (Å²) < 4.78 is 15.3. The Bertz CT molecular complexity index is 661. The van der Waals surface area contributed by atoms with E-state index in [0.717, 1.165) is 56.5 Å².